The molecule has 128 valence electrons. The van der Waals surface area contributed by atoms with E-state index in [0.717, 1.165) is 32.7 Å². The van der Waals surface area contributed by atoms with Gasteiger partial charge in [-0.3, -0.25) is 14.5 Å². The van der Waals surface area contributed by atoms with E-state index in [1.54, 1.807) is 5.38 Å². The average molecular weight is 340 g/mol. The Bertz CT molecular complexity index is 557. The normalized spacial score (nSPS) is 18.2. The van der Waals surface area contributed by atoms with Crippen molar-refractivity contribution in [1.29, 1.82) is 0 Å². The first-order chi connectivity index (χ1) is 10.9. The van der Waals surface area contributed by atoms with Gasteiger partial charge in [0.2, 0.25) is 5.91 Å². The summed E-state index contributed by atoms with van der Waals surface area (Å²) in [6.45, 7) is 9.46. The van der Waals surface area contributed by atoms with Crippen molar-refractivity contribution < 1.29 is 14.3 Å². The summed E-state index contributed by atoms with van der Waals surface area (Å²) in [5, 5.41) is 7.64. The first-order valence-corrected chi connectivity index (χ1v) is 8.66. The Hall–Kier alpha value is -1.51. The first-order valence-electron chi connectivity index (χ1n) is 7.79. The molecule has 2 rings (SSSR count). The Labute approximate surface area is 140 Å². The molecule has 0 aromatic carbocycles. The van der Waals surface area contributed by atoms with Gasteiger partial charge in [-0.1, -0.05) is 6.92 Å². The number of aromatic nitrogens is 1. The number of amides is 2. The van der Waals surface area contributed by atoms with Crippen LogP contribution in [0.4, 0.5) is 5.13 Å². The van der Waals surface area contributed by atoms with Crippen molar-refractivity contribution in [3.05, 3.63) is 11.1 Å². The van der Waals surface area contributed by atoms with Crippen LogP contribution in [0.25, 0.3) is 0 Å². The van der Waals surface area contributed by atoms with Gasteiger partial charge in [0.25, 0.3) is 5.91 Å². The van der Waals surface area contributed by atoms with E-state index >= 15 is 0 Å². The van der Waals surface area contributed by atoms with E-state index in [9.17, 15) is 9.59 Å². The van der Waals surface area contributed by atoms with Crippen molar-refractivity contribution >= 4 is 28.3 Å². The number of anilines is 1. The minimum Gasteiger partial charge on any atom is -0.379 e. The molecular weight excluding hydrogens is 316 g/mol. The molecule has 1 aliphatic heterocycles. The van der Waals surface area contributed by atoms with Crippen LogP contribution < -0.4 is 10.6 Å². The first kappa shape index (κ1) is 17.8. The van der Waals surface area contributed by atoms with Crippen LogP contribution >= 0.6 is 11.3 Å². The Morgan fingerprint density at radius 3 is 2.74 bits per heavy atom. The second kappa shape index (κ2) is 7.85. The Morgan fingerprint density at radius 2 is 2.13 bits per heavy atom. The van der Waals surface area contributed by atoms with Gasteiger partial charge in [0.15, 0.2) is 5.13 Å². The standard InChI is InChI=1S/C15H24N4O3S/c1-4-15(3,19-5-7-22-8-6-19)10-16-13(21)12-9-23-14(18-12)17-11(2)20/h9H,4-8,10H2,1-3H3,(H,16,21)(H,17,18,20)/t15-/m0/s1. The lowest BCUT2D eigenvalue weighted by atomic mass is 9.95. The minimum atomic E-state index is -0.217. The molecule has 1 atom stereocenters. The van der Waals surface area contributed by atoms with Crippen molar-refractivity contribution in [2.24, 2.45) is 0 Å². The van der Waals surface area contributed by atoms with Crippen LogP contribution in [0.2, 0.25) is 0 Å². The van der Waals surface area contributed by atoms with Crippen LogP contribution in [0.1, 0.15) is 37.7 Å². The molecule has 2 heterocycles. The van der Waals surface area contributed by atoms with E-state index in [1.165, 1.54) is 18.3 Å². The van der Waals surface area contributed by atoms with Crippen LogP contribution in [-0.2, 0) is 9.53 Å². The van der Waals surface area contributed by atoms with Gasteiger partial charge in [-0.15, -0.1) is 11.3 Å². The van der Waals surface area contributed by atoms with Crippen LogP contribution in [0.5, 0.6) is 0 Å². The highest BCUT2D eigenvalue weighted by Crippen LogP contribution is 2.20. The molecule has 23 heavy (non-hydrogen) atoms. The summed E-state index contributed by atoms with van der Waals surface area (Å²) >= 11 is 1.24. The maximum Gasteiger partial charge on any atom is 0.270 e. The van der Waals surface area contributed by atoms with Gasteiger partial charge in [0.1, 0.15) is 5.69 Å². The highest BCUT2D eigenvalue weighted by atomic mass is 32.1. The molecule has 0 spiro atoms. The molecule has 1 aromatic heterocycles. The average Bonchev–Trinajstić information content (AvgIpc) is 3.01. The van der Waals surface area contributed by atoms with Gasteiger partial charge in [0, 0.05) is 37.5 Å². The second-order valence-corrected chi connectivity index (χ2v) is 6.71. The Kier molecular flexibility index (Phi) is 6.09. The van der Waals surface area contributed by atoms with Gasteiger partial charge >= 0.3 is 0 Å². The van der Waals surface area contributed by atoms with E-state index in [-0.39, 0.29) is 17.4 Å². The number of carbonyl (C=O) groups is 2. The molecule has 1 aliphatic rings. The summed E-state index contributed by atoms with van der Waals surface area (Å²) < 4.78 is 5.40. The third kappa shape index (κ3) is 4.73. The molecule has 2 N–H and O–H groups in total. The number of hydrogen-bond acceptors (Lipinski definition) is 6. The summed E-state index contributed by atoms with van der Waals surface area (Å²) in [4.78, 5) is 29.8. The van der Waals surface area contributed by atoms with E-state index < -0.39 is 0 Å². The van der Waals surface area contributed by atoms with E-state index in [1.807, 2.05) is 0 Å². The van der Waals surface area contributed by atoms with Crippen LogP contribution in [-0.4, -0.2) is 60.1 Å². The zero-order valence-electron chi connectivity index (χ0n) is 13.8. The number of nitrogens with zero attached hydrogens (tertiary/aromatic N) is 2. The highest BCUT2D eigenvalue weighted by molar-refractivity contribution is 7.14. The van der Waals surface area contributed by atoms with Gasteiger partial charge in [-0.25, -0.2) is 4.98 Å². The van der Waals surface area contributed by atoms with Gasteiger partial charge < -0.3 is 15.4 Å². The van der Waals surface area contributed by atoms with E-state index in [0.29, 0.717) is 17.4 Å². The van der Waals surface area contributed by atoms with E-state index in [2.05, 4.69) is 34.4 Å². The van der Waals surface area contributed by atoms with Crippen molar-refractivity contribution in [2.45, 2.75) is 32.7 Å². The monoisotopic (exact) mass is 340 g/mol. The molecule has 0 bridgehead atoms. The summed E-state index contributed by atoms with van der Waals surface area (Å²) in [6.07, 6.45) is 0.932. The van der Waals surface area contributed by atoms with Crippen molar-refractivity contribution in [3.8, 4) is 0 Å². The smallest absolute Gasteiger partial charge is 0.270 e. The molecule has 1 saturated heterocycles. The number of morpholine rings is 1. The Morgan fingerprint density at radius 1 is 1.43 bits per heavy atom. The van der Waals surface area contributed by atoms with Gasteiger partial charge in [-0.05, 0) is 13.3 Å². The van der Waals surface area contributed by atoms with Crippen LogP contribution in [0.3, 0.4) is 0 Å². The lowest BCUT2D eigenvalue weighted by molar-refractivity contribution is -0.114. The van der Waals surface area contributed by atoms with Crippen LogP contribution in [0.15, 0.2) is 5.38 Å². The fourth-order valence-electron chi connectivity index (χ4n) is 2.51. The minimum absolute atomic E-state index is 0.101. The summed E-state index contributed by atoms with van der Waals surface area (Å²) in [7, 11) is 0. The number of carbonyl (C=O) groups excluding carboxylic acids is 2. The lowest BCUT2D eigenvalue weighted by Gasteiger charge is -2.43. The number of hydrogen-bond donors (Lipinski definition) is 2. The molecule has 0 aliphatic carbocycles. The second-order valence-electron chi connectivity index (χ2n) is 5.85. The fraction of sp³-hybridized carbons (Fsp3) is 0.667. The molecule has 0 saturated carbocycles. The molecule has 1 aromatic rings. The predicted molar refractivity (Wildman–Crippen MR) is 89.8 cm³/mol. The van der Waals surface area contributed by atoms with Crippen molar-refractivity contribution in [3.63, 3.8) is 0 Å². The highest BCUT2D eigenvalue weighted by Gasteiger charge is 2.31. The van der Waals surface area contributed by atoms with Crippen LogP contribution in [0, 0.1) is 0 Å². The van der Waals surface area contributed by atoms with Crippen molar-refractivity contribution in [2.75, 3.05) is 38.2 Å². The summed E-state index contributed by atoms with van der Waals surface area (Å²) in [6, 6.07) is 0. The molecular formula is C15H24N4O3S. The number of ether oxygens (including phenoxy) is 1. The Balaban J connectivity index is 1.93. The largest absolute Gasteiger partial charge is 0.379 e. The summed E-state index contributed by atoms with van der Waals surface area (Å²) in [5.74, 6) is -0.414. The third-order valence-corrected chi connectivity index (χ3v) is 4.94. The predicted octanol–water partition coefficient (Wildman–Crippen LogP) is 1.33. The zero-order chi connectivity index (χ0) is 16.9. The molecule has 7 nitrogen and oxygen atoms in total. The SMILES string of the molecule is CC[C@@](C)(CNC(=O)c1csc(NC(C)=O)n1)N1CCOCC1. The lowest BCUT2D eigenvalue weighted by Crippen LogP contribution is -2.56. The molecule has 0 unspecified atom stereocenters. The number of rotatable bonds is 6. The summed E-state index contributed by atoms with van der Waals surface area (Å²) in [5.41, 5.74) is 0.231. The fourth-order valence-corrected chi connectivity index (χ4v) is 3.25. The molecule has 0 radical (unpaired) electrons. The number of nitrogens with one attached hydrogen (secondary N) is 2. The zero-order valence-corrected chi connectivity index (χ0v) is 14.7. The molecule has 8 heteroatoms. The van der Waals surface area contributed by atoms with Crippen molar-refractivity contribution in [1.82, 2.24) is 15.2 Å². The topological polar surface area (TPSA) is 83.6 Å². The third-order valence-electron chi connectivity index (χ3n) is 4.19. The number of thiazole rings is 1. The van der Waals surface area contributed by atoms with E-state index in [4.69, 9.17) is 4.74 Å². The molecule has 1 fully saturated rings. The van der Waals surface area contributed by atoms with Gasteiger partial charge in [0.05, 0.1) is 13.2 Å². The van der Waals surface area contributed by atoms with Gasteiger partial charge in [-0.2, -0.15) is 0 Å². The quantitative estimate of drug-likeness (QED) is 0.816. The maximum absolute atomic E-state index is 12.3. The molecule has 2 amide bonds. The maximum atomic E-state index is 12.3.